The number of hydrogen-bond acceptors (Lipinski definition) is 2. The molecule has 0 aromatic heterocycles. The van der Waals surface area contributed by atoms with Gasteiger partial charge in [0.25, 0.3) is 0 Å². The number of urea groups is 1. The first kappa shape index (κ1) is 19.9. The Labute approximate surface area is 162 Å². The quantitative estimate of drug-likeness (QED) is 0.760. The molecule has 0 spiro atoms. The first-order valence-corrected chi connectivity index (χ1v) is 9.76. The van der Waals surface area contributed by atoms with E-state index < -0.39 is 34.8 Å². The summed E-state index contributed by atoms with van der Waals surface area (Å²) in [4.78, 5) is 26.1. The zero-order valence-corrected chi connectivity index (χ0v) is 16.0. The summed E-state index contributed by atoms with van der Waals surface area (Å²) in [5, 5.41) is 5.04. The van der Waals surface area contributed by atoms with Crippen molar-refractivity contribution in [2.45, 2.75) is 51.1 Å². The van der Waals surface area contributed by atoms with Crippen molar-refractivity contribution in [3.05, 3.63) is 34.4 Å². The minimum absolute atomic E-state index is 0.0349. The lowest BCUT2D eigenvalue weighted by atomic mass is 9.81. The van der Waals surface area contributed by atoms with Crippen LogP contribution in [0.15, 0.2) is 12.1 Å². The Morgan fingerprint density at radius 3 is 2.70 bits per heavy atom. The van der Waals surface area contributed by atoms with Crippen LogP contribution in [0.1, 0.15) is 50.6 Å². The molecule has 1 aromatic rings. The second-order valence-electron chi connectivity index (χ2n) is 7.25. The molecule has 3 rings (SSSR count). The maximum absolute atomic E-state index is 14.7. The van der Waals surface area contributed by atoms with Gasteiger partial charge in [-0.15, -0.1) is 0 Å². The second kappa shape index (κ2) is 8.42. The van der Waals surface area contributed by atoms with Gasteiger partial charge in [-0.1, -0.05) is 36.9 Å². The SMILES string of the molecule is CC1C(=O)NCCN1C(=O)NC(c1ccc(F)c(Cl)c1F)C1CCCCC1. The van der Waals surface area contributed by atoms with Crippen molar-refractivity contribution >= 4 is 23.5 Å². The van der Waals surface area contributed by atoms with E-state index in [9.17, 15) is 18.4 Å². The first-order valence-electron chi connectivity index (χ1n) is 9.38. The fourth-order valence-electron chi connectivity index (χ4n) is 3.97. The molecule has 2 atom stereocenters. The largest absolute Gasteiger partial charge is 0.353 e. The van der Waals surface area contributed by atoms with Crippen LogP contribution in [0.2, 0.25) is 5.02 Å². The summed E-state index contributed by atoms with van der Waals surface area (Å²) in [5.74, 6) is -1.85. The molecule has 148 valence electrons. The van der Waals surface area contributed by atoms with E-state index in [1.165, 1.54) is 11.0 Å². The van der Waals surface area contributed by atoms with Gasteiger partial charge in [0, 0.05) is 18.7 Å². The van der Waals surface area contributed by atoms with Gasteiger partial charge in [0.2, 0.25) is 5.91 Å². The van der Waals surface area contributed by atoms with Crippen molar-refractivity contribution in [1.82, 2.24) is 15.5 Å². The molecule has 1 saturated carbocycles. The highest BCUT2D eigenvalue weighted by atomic mass is 35.5. The summed E-state index contributed by atoms with van der Waals surface area (Å²) >= 11 is 5.77. The molecule has 1 aliphatic heterocycles. The summed E-state index contributed by atoms with van der Waals surface area (Å²) in [6.45, 7) is 2.41. The number of carbonyl (C=O) groups is 2. The minimum Gasteiger partial charge on any atom is -0.353 e. The van der Waals surface area contributed by atoms with Crippen molar-refractivity contribution in [2.24, 2.45) is 5.92 Å². The van der Waals surface area contributed by atoms with Crippen LogP contribution < -0.4 is 10.6 Å². The van der Waals surface area contributed by atoms with Crippen molar-refractivity contribution in [1.29, 1.82) is 0 Å². The number of carbonyl (C=O) groups excluding carboxylic acids is 2. The second-order valence-corrected chi connectivity index (χ2v) is 7.63. The van der Waals surface area contributed by atoms with Gasteiger partial charge < -0.3 is 15.5 Å². The molecule has 1 aromatic carbocycles. The zero-order valence-electron chi connectivity index (χ0n) is 15.2. The normalized spacial score (nSPS) is 22.3. The van der Waals surface area contributed by atoms with E-state index >= 15 is 0 Å². The van der Waals surface area contributed by atoms with Gasteiger partial charge in [-0.25, -0.2) is 13.6 Å². The molecule has 0 bridgehead atoms. The average molecular weight is 400 g/mol. The van der Waals surface area contributed by atoms with E-state index in [0.717, 1.165) is 38.2 Å². The van der Waals surface area contributed by atoms with Gasteiger partial charge in [0.05, 0.1) is 6.04 Å². The molecule has 8 heteroatoms. The van der Waals surface area contributed by atoms with Crippen molar-refractivity contribution < 1.29 is 18.4 Å². The maximum Gasteiger partial charge on any atom is 0.318 e. The van der Waals surface area contributed by atoms with Crippen LogP contribution >= 0.6 is 11.6 Å². The van der Waals surface area contributed by atoms with E-state index in [1.54, 1.807) is 6.92 Å². The van der Waals surface area contributed by atoms with Gasteiger partial charge in [-0.05, 0) is 31.7 Å². The third kappa shape index (κ3) is 4.18. The average Bonchev–Trinajstić information content (AvgIpc) is 2.67. The lowest BCUT2D eigenvalue weighted by molar-refractivity contribution is -0.126. The molecule has 2 aliphatic rings. The molecule has 2 unspecified atom stereocenters. The molecule has 2 fully saturated rings. The van der Waals surface area contributed by atoms with Crippen LogP contribution in [-0.2, 0) is 4.79 Å². The molecule has 0 radical (unpaired) electrons. The van der Waals surface area contributed by atoms with Gasteiger partial charge in [0.1, 0.15) is 22.7 Å². The summed E-state index contributed by atoms with van der Waals surface area (Å²) in [5.41, 5.74) is 0.191. The fraction of sp³-hybridized carbons (Fsp3) is 0.579. The Bertz CT molecular complexity index is 725. The Morgan fingerprint density at radius 1 is 1.30 bits per heavy atom. The lowest BCUT2D eigenvalue weighted by Crippen LogP contribution is -2.58. The number of nitrogens with zero attached hydrogens (tertiary/aromatic N) is 1. The molecular weight excluding hydrogens is 376 g/mol. The van der Waals surface area contributed by atoms with Crippen LogP contribution in [0.3, 0.4) is 0 Å². The summed E-state index contributed by atoms with van der Waals surface area (Å²) in [7, 11) is 0. The van der Waals surface area contributed by atoms with Crippen LogP contribution in [0.4, 0.5) is 13.6 Å². The molecule has 1 heterocycles. The zero-order chi connectivity index (χ0) is 19.6. The van der Waals surface area contributed by atoms with Crippen LogP contribution in [-0.4, -0.2) is 36.0 Å². The van der Waals surface area contributed by atoms with E-state index in [1.807, 2.05) is 0 Å². The highest BCUT2D eigenvalue weighted by Crippen LogP contribution is 2.37. The first-order chi connectivity index (χ1) is 12.9. The third-order valence-electron chi connectivity index (χ3n) is 5.56. The van der Waals surface area contributed by atoms with Gasteiger partial charge in [-0.3, -0.25) is 4.79 Å². The van der Waals surface area contributed by atoms with Crippen LogP contribution in [0, 0.1) is 17.6 Å². The smallest absolute Gasteiger partial charge is 0.318 e. The molecule has 1 aliphatic carbocycles. The predicted molar refractivity (Wildman–Crippen MR) is 98.4 cm³/mol. The predicted octanol–water partition coefficient (Wildman–Crippen LogP) is 3.77. The molecule has 2 N–H and O–H groups in total. The number of rotatable bonds is 3. The number of amides is 3. The van der Waals surface area contributed by atoms with E-state index in [4.69, 9.17) is 11.6 Å². The van der Waals surface area contributed by atoms with Crippen molar-refractivity contribution in [3.8, 4) is 0 Å². The van der Waals surface area contributed by atoms with Crippen LogP contribution in [0.25, 0.3) is 0 Å². The standard InChI is InChI=1S/C19H24ClF2N3O2/c1-11-18(26)23-9-10-25(11)19(27)24-17(12-5-3-2-4-6-12)13-7-8-14(21)15(20)16(13)22/h7-8,11-12,17H,2-6,9-10H2,1H3,(H,23,26)(H,24,27). The van der Waals surface area contributed by atoms with Gasteiger partial charge >= 0.3 is 6.03 Å². The Hall–Kier alpha value is -1.89. The Morgan fingerprint density at radius 2 is 2.00 bits per heavy atom. The monoisotopic (exact) mass is 399 g/mol. The number of nitrogens with one attached hydrogen (secondary N) is 2. The van der Waals surface area contributed by atoms with Crippen LogP contribution in [0.5, 0.6) is 0 Å². The molecular formula is C19H24ClF2N3O2. The highest BCUT2D eigenvalue weighted by Gasteiger charge is 2.34. The lowest BCUT2D eigenvalue weighted by Gasteiger charge is -2.37. The summed E-state index contributed by atoms with van der Waals surface area (Å²) in [6, 6.07) is 0.829. The van der Waals surface area contributed by atoms with E-state index in [2.05, 4.69) is 10.6 Å². The van der Waals surface area contributed by atoms with Gasteiger partial charge in [-0.2, -0.15) is 0 Å². The molecule has 27 heavy (non-hydrogen) atoms. The minimum atomic E-state index is -0.836. The van der Waals surface area contributed by atoms with Gasteiger partial charge in [0.15, 0.2) is 0 Å². The Kier molecular flexibility index (Phi) is 6.19. The topological polar surface area (TPSA) is 61.4 Å². The molecule has 5 nitrogen and oxygen atoms in total. The van der Waals surface area contributed by atoms with E-state index in [0.29, 0.717) is 13.1 Å². The number of benzene rings is 1. The number of hydrogen-bond donors (Lipinski definition) is 2. The summed E-state index contributed by atoms with van der Waals surface area (Å²) < 4.78 is 28.3. The fourth-order valence-corrected chi connectivity index (χ4v) is 4.15. The Balaban J connectivity index is 1.87. The number of halogens is 3. The van der Waals surface area contributed by atoms with Crippen molar-refractivity contribution in [2.75, 3.05) is 13.1 Å². The highest BCUT2D eigenvalue weighted by molar-refractivity contribution is 6.31. The molecule has 1 saturated heterocycles. The number of piperazine rings is 1. The maximum atomic E-state index is 14.7. The van der Waals surface area contributed by atoms with Crippen molar-refractivity contribution in [3.63, 3.8) is 0 Å². The van der Waals surface area contributed by atoms with E-state index in [-0.39, 0.29) is 17.4 Å². The summed E-state index contributed by atoms with van der Waals surface area (Å²) in [6.07, 6.45) is 4.78. The molecule has 3 amide bonds. The third-order valence-corrected chi connectivity index (χ3v) is 5.91.